The van der Waals surface area contributed by atoms with Crippen LogP contribution < -0.4 is 5.32 Å². The number of carbonyl (C=O) groups is 1. The van der Waals surface area contributed by atoms with Gasteiger partial charge in [0.05, 0.1) is 5.54 Å². The molecule has 1 heterocycles. The van der Waals surface area contributed by atoms with E-state index in [-0.39, 0.29) is 10.7 Å². The van der Waals surface area contributed by atoms with Crippen LogP contribution in [0, 0.1) is 0 Å². The van der Waals surface area contributed by atoms with E-state index in [9.17, 15) is 4.79 Å². The molecule has 5 nitrogen and oxygen atoms in total. The Labute approximate surface area is 125 Å². The lowest BCUT2D eigenvalue weighted by molar-refractivity contribution is -0.120. The Kier molecular flexibility index (Phi) is 5.62. The minimum absolute atomic E-state index is 0.108. The minimum atomic E-state index is -0.603. The molecular weight excluding hydrogens is 274 g/mol. The second-order valence-electron chi connectivity index (χ2n) is 6.38. The van der Waals surface area contributed by atoms with Gasteiger partial charge >= 0.3 is 0 Å². The highest BCUT2D eigenvalue weighted by Crippen LogP contribution is 2.24. The molecule has 6 heteroatoms. The van der Waals surface area contributed by atoms with Crippen LogP contribution in [0.2, 0.25) is 0 Å². The first-order valence-corrected chi connectivity index (χ1v) is 7.84. The van der Waals surface area contributed by atoms with Crippen LogP contribution in [-0.4, -0.2) is 26.5 Å². The molecule has 0 aliphatic rings. The van der Waals surface area contributed by atoms with Crippen molar-refractivity contribution in [2.45, 2.75) is 64.7 Å². The van der Waals surface area contributed by atoms with E-state index in [4.69, 9.17) is 4.52 Å². The van der Waals surface area contributed by atoms with Gasteiger partial charge in [-0.3, -0.25) is 4.79 Å². The molecule has 0 radical (unpaired) electrons. The van der Waals surface area contributed by atoms with Crippen molar-refractivity contribution in [1.82, 2.24) is 15.5 Å². The van der Waals surface area contributed by atoms with E-state index in [2.05, 4.69) is 36.2 Å². The first-order valence-electron chi connectivity index (χ1n) is 6.86. The van der Waals surface area contributed by atoms with Crippen molar-refractivity contribution in [3.63, 3.8) is 0 Å². The summed E-state index contributed by atoms with van der Waals surface area (Å²) in [4.78, 5) is 15.5. The maximum absolute atomic E-state index is 11.1. The minimum Gasteiger partial charge on any atom is -0.344 e. The molecule has 1 aromatic rings. The molecular formula is C14H25N3O2S. The molecule has 1 N–H and O–H groups in total. The zero-order valence-electron chi connectivity index (χ0n) is 13.2. The van der Waals surface area contributed by atoms with Crippen molar-refractivity contribution in [1.29, 1.82) is 0 Å². The van der Waals surface area contributed by atoms with Crippen LogP contribution in [-0.2, 0) is 16.8 Å². The Balaban J connectivity index is 2.49. The van der Waals surface area contributed by atoms with Crippen LogP contribution in [0.1, 0.15) is 59.7 Å². The summed E-state index contributed by atoms with van der Waals surface area (Å²) in [5.41, 5.74) is -0.603. The van der Waals surface area contributed by atoms with Gasteiger partial charge in [0.25, 0.3) is 0 Å². The van der Waals surface area contributed by atoms with E-state index in [1.54, 1.807) is 0 Å². The maximum atomic E-state index is 11.1. The monoisotopic (exact) mass is 299 g/mol. The number of aromatic nitrogens is 2. The van der Waals surface area contributed by atoms with E-state index >= 15 is 0 Å². The average Bonchev–Trinajstić information content (AvgIpc) is 2.70. The molecule has 0 saturated carbocycles. The fourth-order valence-electron chi connectivity index (χ4n) is 1.71. The molecule has 0 aliphatic heterocycles. The van der Waals surface area contributed by atoms with Gasteiger partial charge in [-0.25, -0.2) is 0 Å². The van der Waals surface area contributed by atoms with Gasteiger partial charge in [0, 0.05) is 18.1 Å². The summed E-state index contributed by atoms with van der Waals surface area (Å²) >= 11 is 1.93. The van der Waals surface area contributed by atoms with Gasteiger partial charge in [-0.2, -0.15) is 16.7 Å². The first kappa shape index (κ1) is 17.0. The van der Waals surface area contributed by atoms with E-state index in [1.807, 2.05) is 25.6 Å². The van der Waals surface area contributed by atoms with Crippen LogP contribution >= 0.6 is 11.8 Å². The van der Waals surface area contributed by atoms with Gasteiger partial charge in [-0.1, -0.05) is 25.9 Å². The third-order valence-corrected chi connectivity index (χ3v) is 3.94. The Morgan fingerprint density at radius 1 is 1.30 bits per heavy atom. The SMILES string of the molecule is CC(=O)NC(C)(C)c1noc(CCCSC(C)(C)C)n1. The predicted molar refractivity (Wildman–Crippen MR) is 81.7 cm³/mol. The summed E-state index contributed by atoms with van der Waals surface area (Å²) in [6.07, 6.45) is 1.77. The molecule has 1 rings (SSSR count). The number of aryl methyl sites for hydroxylation is 1. The van der Waals surface area contributed by atoms with Crippen molar-refractivity contribution in [2.24, 2.45) is 0 Å². The number of amides is 1. The molecule has 0 aromatic carbocycles. The fraction of sp³-hybridized carbons (Fsp3) is 0.786. The zero-order valence-corrected chi connectivity index (χ0v) is 14.1. The van der Waals surface area contributed by atoms with E-state index in [0.717, 1.165) is 18.6 Å². The summed E-state index contributed by atoms with van der Waals surface area (Å²) in [5.74, 6) is 2.11. The lowest BCUT2D eigenvalue weighted by atomic mass is 10.1. The Bertz CT molecular complexity index is 450. The second kappa shape index (κ2) is 6.61. The van der Waals surface area contributed by atoms with Gasteiger partial charge in [-0.15, -0.1) is 0 Å². The third kappa shape index (κ3) is 5.94. The van der Waals surface area contributed by atoms with Crippen molar-refractivity contribution in [2.75, 3.05) is 5.75 Å². The van der Waals surface area contributed by atoms with Crippen molar-refractivity contribution in [3.05, 3.63) is 11.7 Å². The maximum Gasteiger partial charge on any atom is 0.226 e. The van der Waals surface area contributed by atoms with E-state index in [0.29, 0.717) is 11.7 Å². The first-order chi connectivity index (χ1) is 9.10. The van der Waals surface area contributed by atoms with Crippen LogP contribution in [0.25, 0.3) is 0 Å². The molecule has 20 heavy (non-hydrogen) atoms. The molecule has 0 fully saturated rings. The van der Waals surface area contributed by atoms with Crippen LogP contribution in [0.15, 0.2) is 4.52 Å². The summed E-state index contributed by atoms with van der Waals surface area (Å²) in [6, 6.07) is 0. The number of nitrogens with zero attached hydrogens (tertiary/aromatic N) is 2. The highest BCUT2D eigenvalue weighted by molar-refractivity contribution is 8.00. The van der Waals surface area contributed by atoms with Crippen molar-refractivity contribution < 1.29 is 9.32 Å². The lowest BCUT2D eigenvalue weighted by Crippen LogP contribution is -2.40. The predicted octanol–water partition coefficient (Wildman–Crippen LogP) is 2.91. The van der Waals surface area contributed by atoms with Crippen LogP contribution in [0.5, 0.6) is 0 Å². The van der Waals surface area contributed by atoms with Crippen LogP contribution in [0.4, 0.5) is 0 Å². The Morgan fingerprint density at radius 2 is 1.95 bits per heavy atom. The molecule has 0 aliphatic carbocycles. The molecule has 1 aromatic heterocycles. The Morgan fingerprint density at radius 3 is 2.50 bits per heavy atom. The molecule has 0 atom stereocenters. The van der Waals surface area contributed by atoms with Gasteiger partial charge in [0.2, 0.25) is 11.8 Å². The second-order valence-corrected chi connectivity index (χ2v) is 8.30. The van der Waals surface area contributed by atoms with Gasteiger partial charge in [0.15, 0.2) is 5.82 Å². The van der Waals surface area contributed by atoms with Crippen LogP contribution in [0.3, 0.4) is 0 Å². The molecule has 0 unspecified atom stereocenters. The topological polar surface area (TPSA) is 68.0 Å². The summed E-state index contributed by atoms with van der Waals surface area (Å²) in [7, 11) is 0. The highest BCUT2D eigenvalue weighted by Gasteiger charge is 2.27. The Hall–Kier alpha value is -1.04. The average molecular weight is 299 g/mol. The number of carbonyl (C=O) groups excluding carboxylic acids is 1. The standard InChI is InChI=1S/C14H25N3O2S/c1-10(18)16-14(5,6)12-15-11(19-17-12)8-7-9-20-13(2,3)4/h7-9H2,1-6H3,(H,16,18). The molecule has 114 valence electrons. The number of hydrogen-bond acceptors (Lipinski definition) is 5. The lowest BCUT2D eigenvalue weighted by Gasteiger charge is -2.20. The number of nitrogens with one attached hydrogen (secondary N) is 1. The quantitative estimate of drug-likeness (QED) is 0.818. The van der Waals surface area contributed by atoms with Gasteiger partial charge < -0.3 is 9.84 Å². The molecule has 0 bridgehead atoms. The largest absolute Gasteiger partial charge is 0.344 e. The van der Waals surface area contributed by atoms with Crippen molar-refractivity contribution in [3.8, 4) is 0 Å². The smallest absolute Gasteiger partial charge is 0.226 e. The summed E-state index contributed by atoms with van der Waals surface area (Å²) in [6.45, 7) is 11.8. The fourth-order valence-corrected chi connectivity index (χ4v) is 2.61. The van der Waals surface area contributed by atoms with E-state index in [1.165, 1.54) is 6.92 Å². The summed E-state index contributed by atoms with van der Waals surface area (Å²) < 4.78 is 5.53. The van der Waals surface area contributed by atoms with Gasteiger partial charge in [-0.05, 0) is 26.0 Å². The van der Waals surface area contributed by atoms with Crippen molar-refractivity contribution >= 4 is 17.7 Å². The number of rotatable bonds is 6. The molecule has 0 saturated heterocycles. The highest BCUT2D eigenvalue weighted by atomic mass is 32.2. The zero-order chi connectivity index (χ0) is 15.4. The number of thioether (sulfide) groups is 1. The third-order valence-electron chi connectivity index (χ3n) is 2.59. The molecule has 1 amide bonds. The van der Waals surface area contributed by atoms with E-state index < -0.39 is 5.54 Å². The van der Waals surface area contributed by atoms with Gasteiger partial charge in [0.1, 0.15) is 0 Å². The number of hydrogen-bond donors (Lipinski definition) is 1. The normalized spacial score (nSPS) is 12.5. The molecule has 0 spiro atoms. The summed E-state index contributed by atoms with van der Waals surface area (Å²) in [5, 5.41) is 6.77.